The van der Waals surface area contributed by atoms with E-state index in [0.717, 1.165) is 40.4 Å². The number of H-pyrrole nitrogens is 1. The summed E-state index contributed by atoms with van der Waals surface area (Å²) in [5, 5.41) is 12.2. The molecule has 0 amide bonds. The van der Waals surface area contributed by atoms with Crippen molar-refractivity contribution in [3.05, 3.63) is 70.1 Å². The first-order valence-corrected chi connectivity index (χ1v) is 15.3. The van der Waals surface area contributed by atoms with Gasteiger partial charge >= 0.3 is 5.97 Å². The van der Waals surface area contributed by atoms with E-state index in [0.29, 0.717) is 53.9 Å². The van der Waals surface area contributed by atoms with Crippen molar-refractivity contribution in [3.8, 4) is 17.2 Å². The summed E-state index contributed by atoms with van der Waals surface area (Å²) in [5.74, 6) is -0.0507. The molecule has 44 heavy (non-hydrogen) atoms. The van der Waals surface area contributed by atoms with Crippen LogP contribution in [0.3, 0.4) is 0 Å². The van der Waals surface area contributed by atoms with Crippen LogP contribution in [0.15, 0.2) is 53.4 Å². The Morgan fingerprint density at radius 3 is 2.82 bits per heavy atom. The van der Waals surface area contributed by atoms with E-state index in [1.807, 2.05) is 30.5 Å². The van der Waals surface area contributed by atoms with E-state index in [1.165, 1.54) is 0 Å². The number of ketones is 1. The Kier molecular flexibility index (Phi) is 6.88. The van der Waals surface area contributed by atoms with E-state index in [9.17, 15) is 19.5 Å². The number of carbonyl (C=O) groups is 3. The number of aromatic nitrogens is 1. The lowest BCUT2D eigenvalue weighted by atomic mass is 9.73. The zero-order valence-corrected chi connectivity index (χ0v) is 25.0. The maximum Gasteiger partial charge on any atom is 0.375 e. The number of Topliss-reactive ketones (excluding diaryl/α,β-unsaturated/α-hetero) is 1. The maximum atomic E-state index is 13.4. The number of hydrogen-bond donors (Lipinski definition) is 2. The van der Waals surface area contributed by atoms with Crippen molar-refractivity contribution in [2.45, 2.75) is 75.9 Å². The molecule has 3 heterocycles. The SMILES string of the molecule is CCOC(=O)C1=C(C=O)C(=C2CCC(=O)C(c3ccc4[nH]ccc4c3)C2)c2c(cc3c(c2OC)C2CCCC(C)(O)C2O3)O1. The van der Waals surface area contributed by atoms with Crippen molar-refractivity contribution < 1.29 is 38.4 Å². The summed E-state index contributed by atoms with van der Waals surface area (Å²) in [6.07, 6.45) is 5.35. The molecule has 9 heteroatoms. The van der Waals surface area contributed by atoms with Gasteiger partial charge in [0.05, 0.1) is 30.5 Å². The van der Waals surface area contributed by atoms with Crippen LogP contribution in [0.1, 0.15) is 80.9 Å². The minimum absolute atomic E-state index is 0.0736. The molecule has 1 aromatic heterocycles. The predicted octanol–water partition coefficient (Wildman–Crippen LogP) is 5.65. The van der Waals surface area contributed by atoms with Crippen LogP contribution in [0.5, 0.6) is 17.2 Å². The Labute approximate surface area is 254 Å². The van der Waals surface area contributed by atoms with Gasteiger partial charge in [0.15, 0.2) is 6.29 Å². The molecule has 3 aromatic rings. The van der Waals surface area contributed by atoms with Crippen LogP contribution >= 0.6 is 0 Å². The number of esters is 1. The van der Waals surface area contributed by atoms with Gasteiger partial charge in [0.2, 0.25) is 5.76 Å². The zero-order chi connectivity index (χ0) is 30.7. The van der Waals surface area contributed by atoms with Gasteiger partial charge in [0.1, 0.15) is 29.1 Å². The normalized spacial score (nSPS) is 27.6. The number of allylic oxidation sites excluding steroid dienone is 3. The first-order chi connectivity index (χ1) is 21.2. The molecule has 2 N–H and O–H groups in total. The number of hydrogen-bond acceptors (Lipinski definition) is 8. The summed E-state index contributed by atoms with van der Waals surface area (Å²) in [5.41, 5.74) is 3.71. The van der Waals surface area contributed by atoms with Gasteiger partial charge in [-0.05, 0) is 75.1 Å². The Balaban J connectivity index is 1.43. The third-order valence-corrected chi connectivity index (χ3v) is 9.65. The number of carbonyl (C=O) groups excluding carboxylic acids is 3. The number of rotatable bonds is 5. The van der Waals surface area contributed by atoms with Crippen LogP contribution in [0.2, 0.25) is 0 Å². The van der Waals surface area contributed by atoms with E-state index in [1.54, 1.807) is 27.0 Å². The zero-order valence-electron chi connectivity index (χ0n) is 25.0. The molecule has 2 aliphatic carbocycles. The molecule has 0 bridgehead atoms. The van der Waals surface area contributed by atoms with Gasteiger partial charge in [-0.1, -0.05) is 11.6 Å². The molecule has 0 spiro atoms. The largest absolute Gasteiger partial charge is 0.496 e. The molecule has 2 saturated carbocycles. The smallest absolute Gasteiger partial charge is 0.375 e. The van der Waals surface area contributed by atoms with Gasteiger partial charge < -0.3 is 29.0 Å². The lowest BCUT2D eigenvalue weighted by Gasteiger charge is -2.37. The molecule has 0 saturated heterocycles. The Morgan fingerprint density at radius 1 is 1.20 bits per heavy atom. The highest BCUT2D eigenvalue weighted by Crippen LogP contribution is 2.59. The number of aliphatic hydroxyl groups is 1. The van der Waals surface area contributed by atoms with E-state index >= 15 is 0 Å². The van der Waals surface area contributed by atoms with Gasteiger partial charge in [-0.3, -0.25) is 9.59 Å². The molecule has 9 nitrogen and oxygen atoms in total. The maximum absolute atomic E-state index is 13.4. The van der Waals surface area contributed by atoms with E-state index in [-0.39, 0.29) is 36.1 Å². The highest BCUT2D eigenvalue weighted by atomic mass is 16.6. The van der Waals surface area contributed by atoms with Crippen LogP contribution in [0.25, 0.3) is 16.5 Å². The lowest BCUT2D eigenvalue weighted by molar-refractivity contribution is -0.141. The van der Waals surface area contributed by atoms with Gasteiger partial charge in [-0.15, -0.1) is 0 Å². The molecular weight excluding hydrogens is 562 g/mol. The second-order valence-corrected chi connectivity index (χ2v) is 12.3. The minimum Gasteiger partial charge on any atom is -0.496 e. The molecule has 4 unspecified atom stereocenters. The lowest BCUT2D eigenvalue weighted by Crippen LogP contribution is -2.47. The summed E-state index contributed by atoms with van der Waals surface area (Å²) in [7, 11) is 1.57. The number of methoxy groups -OCH3 is 1. The quantitative estimate of drug-likeness (QED) is 0.286. The number of ether oxygens (including phenoxy) is 4. The third-order valence-electron chi connectivity index (χ3n) is 9.65. The molecule has 4 aliphatic rings. The Morgan fingerprint density at radius 2 is 2.05 bits per heavy atom. The number of benzene rings is 2. The molecule has 2 aliphatic heterocycles. The van der Waals surface area contributed by atoms with Crippen LogP contribution < -0.4 is 14.2 Å². The van der Waals surface area contributed by atoms with Gasteiger partial charge in [0.25, 0.3) is 0 Å². The molecule has 2 aromatic carbocycles. The molecule has 7 rings (SSSR count). The monoisotopic (exact) mass is 597 g/mol. The molecule has 0 radical (unpaired) electrons. The van der Waals surface area contributed by atoms with Crippen LogP contribution in [0, 0.1) is 0 Å². The summed E-state index contributed by atoms with van der Waals surface area (Å²) in [6.45, 7) is 3.58. The van der Waals surface area contributed by atoms with Crippen LogP contribution in [-0.4, -0.2) is 53.6 Å². The molecule has 4 atom stereocenters. The standard InChI is InChI=1S/C35H35NO8/c1-4-42-34(39)31-23(17-37)28(20-8-10-25(38)22(15-20)18-7-9-24-19(14-18)11-13-36-24)30-27(43-31)16-26-29(32(30)41-3)21-6-5-12-35(2,40)33(21)44-26/h7,9,11,13-14,16-17,21-22,33,36,40H,4-6,8,10,12,15H2,1-3H3. The van der Waals surface area contributed by atoms with Crippen LogP contribution in [-0.2, 0) is 19.1 Å². The van der Waals surface area contributed by atoms with Crippen molar-refractivity contribution in [2.75, 3.05) is 13.7 Å². The topological polar surface area (TPSA) is 124 Å². The summed E-state index contributed by atoms with van der Waals surface area (Å²) in [6, 6.07) is 9.67. The fourth-order valence-corrected chi connectivity index (χ4v) is 7.62. The molecular formula is C35H35NO8. The number of aromatic amines is 1. The van der Waals surface area contributed by atoms with Crippen LogP contribution in [0.4, 0.5) is 0 Å². The second kappa shape index (κ2) is 10.7. The van der Waals surface area contributed by atoms with E-state index < -0.39 is 23.6 Å². The van der Waals surface area contributed by atoms with E-state index in [4.69, 9.17) is 18.9 Å². The average molecular weight is 598 g/mol. The van der Waals surface area contributed by atoms with Gasteiger partial charge in [-0.25, -0.2) is 4.79 Å². The van der Waals surface area contributed by atoms with Gasteiger partial charge in [-0.2, -0.15) is 0 Å². The highest BCUT2D eigenvalue weighted by molar-refractivity contribution is 6.10. The van der Waals surface area contributed by atoms with Gasteiger partial charge in [0, 0.05) is 47.2 Å². The fourth-order valence-electron chi connectivity index (χ4n) is 7.62. The molecule has 2 fully saturated rings. The first-order valence-electron chi connectivity index (χ1n) is 15.3. The third kappa shape index (κ3) is 4.36. The summed E-state index contributed by atoms with van der Waals surface area (Å²) in [4.78, 5) is 42.6. The van der Waals surface area contributed by atoms with Crippen molar-refractivity contribution in [1.82, 2.24) is 4.98 Å². The highest BCUT2D eigenvalue weighted by Gasteiger charge is 2.51. The van der Waals surface area contributed by atoms with Crippen molar-refractivity contribution in [2.24, 2.45) is 0 Å². The number of fused-ring (bicyclic) bond motifs is 5. The van der Waals surface area contributed by atoms with Crippen molar-refractivity contribution in [3.63, 3.8) is 0 Å². The Bertz CT molecular complexity index is 1780. The van der Waals surface area contributed by atoms with Crippen molar-refractivity contribution >= 4 is 34.5 Å². The first kappa shape index (κ1) is 28.4. The molecule has 228 valence electrons. The Hall–Kier alpha value is -4.37. The summed E-state index contributed by atoms with van der Waals surface area (Å²) < 4.78 is 23.9. The average Bonchev–Trinajstić information content (AvgIpc) is 3.64. The second-order valence-electron chi connectivity index (χ2n) is 12.3. The predicted molar refractivity (Wildman–Crippen MR) is 162 cm³/mol. The number of aldehydes is 1. The number of nitrogens with one attached hydrogen (secondary N) is 1. The van der Waals surface area contributed by atoms with Crippen molar-refractivity contribution in [1.29, 1.82) is 0 Å². The minimum atomic E-state index is -1.03. The summed E-state index contributed by atoms with van der Waals surface area (Å²) >= 11 is 0. The van der Waals surface area contributed by atoms with E-state index in [2.05, 4.69) is 4.98 Å². The fraction of sp³-hybridized carbons (Fsp3) is 0.400.